The average molecular weight is 405 g/mol. The van der Waals surface area contributed by atoms with E-state index in [4.69, 9.17) is 18.9 Å². The van der Waals surface area contributed by atoms with Crippen molar-refractivity contribution in [2.75, 3.05) is 20.8 Å². The molecule has 160 valence electrons. The molecule has 0 saturated heterocycles. The Morgan fingerprint density at radius 1 is 1.10 bits per heavy atom. The standard InChI is InChI=1S/C22H31NO6/c1-7-28-20(25)18(14-23)17(21(26-5)27-6)13-10-15-8-11-16(12-9-15)19(24)29-22(2,3)4/h8-9,11-12,17-18,21H,7,10,13H2,1-6H3. The van der Waals surface area contributed by atoms with E-state index >= 15 is 0 Å². The minimum atomic E-state index is -0.999. The number of carbonyl (C=O) groups excluding carboxylic acids is 2. The molecule has 29 heavy (non-hydrogen) atoms. The lowest BCUT2D eigenvalue weighted by molar-refractivity contribution is -0.167. The van der Waals surface area contributed by atoms with Gasteiger partial charge in [0.25, 0.3) is 0 Å². The summed E-state index contributed by atoms with van der Waals surface area (Å²) >= 11 is 0. The number of esters is 2. The maximum absolute atomic E-state index is 12.2. The molecule has 2 unspecified atom stereocenters. The van der Waals surface area contributed by atoms with Crippen LogP contribution in [0.4, 0.5) is 0 Å². The Hall–Kier alpha value is -2.43. The second kappa shape index (κ2) is 11.5. The zero-order chi connectivity index (χ0) is 22.0. The molecule has 0 radical (unpaired) electrons. The van der Waals surface area contributed by atoms with Crippen molar-refractivity contribution in [3.63, 3.8) is 0 Å². The van der Waals surface area contributed by atoms with Crippen LogP contribution in [0.5, 0.6) is 0 Å². The van der Waals surface area contributed by atoms with Gasteiger partial charge in [0.05, 0.1) is 18.2 Å². The van der Waals surface area contributed by atoms with Crippen LogP contribution in [0.25, 0.3) is 0 Å². The van der Waals surface area contributed by atoms with E-state index in [0.29, 0.717) is 18.4 Å². The van der Waals surface area contributed by atoms with Crippen LogP contribution in [-0.4, -0.2) is 44.7 Å². The number of carbonyl (C=O) groups is 2. The molecule has 0 aliphatic heterocycles. The van der Waals surface area contributed by atoms with Gasteiger partial charge in [-0.25, -0.2) is 4.79 Å². The number of methoxy groups -OCH3 is 2. The van der Waals surface area contributed by atoms with Gasteiger partial charge >= 0.3 is 11.9 Å². The molecular weight excluding hydrogens is 374 g/mol. The summed E-state index contributed by atoms with van der Waals surface area (Å²) in [4.78, 5) is 24.3. The van der Waals surface area contributed by atoms with Crippen LogP contribution < -0.4 is 0 Å². The quantitative estimate of drug-likeness (QED) is 0.434. The van der Waals surface area contributed by atoms with Crippen molar-refractivity contribution in [2.24, 2.45) is 11.8 Å². The van der Waals surface area contributed by atoms with Crippen LogP contribution in [0.15, 0.2) is 24.3 Å². The molecule has 0 amide bonds. The van der Waals surface area contributed by atoms with Crippen molar-refractivity contribution in [3.05, 3.63) is 35.4 Å². The zero-order valence-electron chi connectivity index (χ0n) is 18.1. The molecule has 2 atom stereocenters. The minimum Gasteiger partial charge on any atom is -0.465 e. The topological polar surface area (TPSA) is 94.9 Å². The molecule has 1 aromatic carbocycles. The van der Waals surface area contributed by atoms with E-state index in [1.165, 1.54) is 14.2 Å². The Labute approximate surface area is 172 Å². The van der Waals surface area contributed by atoms with Gasteiger partial charge in [0, 0.05) is 20.1 Å². The molecule has 1 rings (SSSR count). The summed E-state index contributed by atoms with van der Waals surface area (Å²) < 4.78 is 21.0. The summed E-state index contributed by atoms with van der Waals surface area (Å²) in [6.07, 6.45) is 0.319. The highest BCUT2D eigenvalue weighted by Gasteiger charge is 2.36. The monoisotopic (exact) mass is 405 g/mol. The van der Waals surface area contributed by atoms with Crippen LogP contribution in [0.1, 0.15) is 50.0 Å². The second-order valence-corrected chi connectivity index (χ2v) is 7.60. The molecule has 0 aliphatic rings. The van der Waals surface area contributed by atoms with Gasteiger partial charge in [-0.2, -0.15) is 5.26 Å². The molecular formula is C22H31NO6. The van der Waals surface area contributed by atoms with Gasteiger partial charge in [0.1, 0.15) is 5.60 Å². The molecule has 0 aromatic heterocycles. The van der Waals surface area contributed by atoms with E-state index in [1.54, 1.807) is 19.1 Å². The number of nitriles is 1. The highest BCUT2D eigenvalue weighted by Crippen LogP contribution is 2.26. The van der Waals surface area contributed by atoms with E-state index < -0.39 is 29.7 Å². The maximum Gasteiger partial charge on any atom is 0.338 e. The predicted molar refractivity (Wildman–Crippen MR) is 107 cm³/mol. The Morgan fingerprint density at radius 2 is 1.69 bits per heavy atom. The summed E-state index contributed by atoms with van der Waals surface area (Å²) in [7, 11) is 2.94. The van der Waals surface area contributed by atoms with Gasteiger partial charge in [-0.1, -0.05) is 12.1 Å². The molecule has 0 fully saturated rings. The summed E-state index contributed by atoms with van der Waals surface area (Å²) in [5.74, 6) is -2.47. The molecule has 0 N–H and O–H groups in total. The first-order chi connectivity index (χ1) is 13.7. The lowest BCUT2D eigenvalue weighted by atomic mass is 9.87. The van der Waals surface area contributed by atoms with Gasteiger partial charge in [-0.15, -0.1) is 0 Å². The van der Waals surface area contributed by atoms with E-state index in [2.05, 4.69) is 0 Å². The molecule has 0 saturated carbocycles. The van der Waals surface area contributed by atoms with Crippen molar-refractivity contribution in [2.45, 2.75) is 52.4 Å². The third-order valence-electron chi connectivity index (χ3n) is 4.28. The van der Waals surface area contributed by atoms with Crippen LogP contribution >= 0.6 is 0 Å². The fourth-order valence-electron chi connectivity index (χ4n) is 2.94. The van der Waals surface area contributed by atoms with Crippen LogP contribution in [0, 0.1) is 23.2 Å². The Balaban J connectivity index is 2.90. The van der Waals surface area contributed by atoms with Crippen LogP contribution in [0.3, 0.4) is 0 Å². The summed E-state index contributed by atoms with van der Waals surface area (Å²) in [6.45, 7) is 7.34. The summed E-state index contributed by atoms with van der Waals surface area (Å²) in [6, 6.07) is 9.09. The molecule has 0 heterocycles. The van der Waals surface area contributed by atoms with Gasteiger partial charge < -0.3 is 18.9 Å². The average Bonchev–Trinajstić information content (AvgIpc) is 2.66. The first-order valence-electron chi connectivity index (χ1n) is 9.61. The van der Waals surface area contributed by atoms with Gasteiger partial charge in [0.2, 0.25) is 0 Å². The van der Waals surface area contributed by atoms with Gasteiger partial charge in [-0.05, 0) is 58.2 Å². The third kappa shape index (κ3) is 7.84. The molecule has 1 aromatic rings. The predicted octanol–water partition coefficient (Wildman–Crippen LogP) is 3.51. The Bertz CT molecular complexity index is 697. The number of aryl methyl sites for hydroxylation is 1. The Kier molecular flexibility index (Phi) is 9.79. The van der Waals surface area contributed by atoms with Crippen LogP contribution in [-0.2, 0) is 30.2 Å². The second-order valence-electron chi connectivity index (χ2n) is 7.60. The van der Waals surface area contributed by atoms with Gasteiger partial charge in [-0.3, -0.25) is 4.79 Å². The van der Waals surface area contributed by atoms with Crippen molar-refractivity contribution in [1.29, 1.82) is 5.26 Å². The van der Waals surface area contributed by atoms with E-state index in [1.807, 2.05) is 39.0 Å². The summed E-state index contributed by atoms with van der Waals surface area (Å²) in [5, 5.41) is 9.51. The lowest BCUT2D eigenvalue weighted by Gasteiger charge is -2.27. The third-order valence-corrected chi connectivity index (χ3v) is 4.28. The number of ether oxygens (including phenoxy) is 4. The fourth-order valence-corrected chi connectivity index (χ4v) is 2.94. The molecule has 0 aliphatic carbocycles. The van der Waals surface area contributed by atoms with E-state index in [-0.39, 0.29) is 12.6 Å². The van der Waals surface area contributed by atoms with Crippen molar-refractivity contribution >= 4 is 11.9 Å². The molecule has 7 nitrogen and oxygen atoms in total. The lowest BCUT2D eigenvalue weighted by Crippen LogP contribution is -2.36. The summed E-state index contributed by atoms with van der Waals surface area (Å²) in [5.41, 5.74) is 0.861. The van der Waals surface area contributed by atoms with Crippen molar-refractivity contribution < 1.29 is 28.5 Å². The SMILES string of the molecule is CCOC(=O)C(C#N)C(CCc1ccc(C(=O)OC(C)(C)C)cc1)C(OC)OC. The highest BCUT2D eigenvalue weighted by atomic mass is 16.7. The number of rotatable bonds is 10. The smallest absolute Gasteiger partial charge is 0.338 e. The highest BCUT2D eigenvalue weighted by molar-refractivity contribution is 5.89. The molecule has 0 bridgehead atoms. The van der Waals surface area contributed by atoms with E-state index in [9.17, 15) is 14.9 Å². The zero-order valence-corrected chi connectivity index (χ0v) is 18.1. The first-order valence-corrected chi connectivity index (χ1v) is 9.61. The minimum absolute atomic E-state index is 0.195. The van der Waals surface area contributed by atoms with Crippen molar-refractivity contribution in [3.8, 4) is 6.07 Å². The number of hydrogen-bond donors (Lipinski definition) is 0. The molecule has 0 spiro atoms. The first kappa shape index (κ1) is 24.6. The fraction of sp³-hybridized carbons (Fsp3) is 0.591. The number of nitrogens with zero attached hydrogens (tertiary/aromatic N) is 1. The van der Waals surface area contributed by atoms with E-state index in [0.717, 1.165) is 5.56 Å². The number of hydrogen-bond acceptors (Lipinski definition) is 7. The number of benzene rings is 1. The largest absolute Gasteiger partial charge is 0.465 e. The van der Waals surface area contributed by atoms with Crippen molar-refractivity contribution in [1.82, 2.24) is 0 Å². The molecule has 7 heteroatoms. The maximum atomic E-state index is 12.2. The Morgan fingerprint density at radius 3 is 2.14 bits per heavy atom. The normalized spacial score (nSPS) is 13.4. The van der Waals surface area contributed by atoms with Gasteiger partial charge in [0.15, 0.2) is 12.2 Å². The van der Waals surface area contributed by atoms with Crippen LogP contribution in [0.2, 0.25) is 0 Å².